The number of anilines is 2. The van der Waals surface area contributed by atoms with Crippen molar-refractivity contribution >= 4 is 17.3 Å². The molecular formula is C17H19FN2O. The van der Waals surface area contributed by atoms with Gasteiger partial charge in [-0.3, -0.25) is 4.79 Å². The van der Waals surface area contributed by atoms with Crippen molar-refractivity contribution in [3.05, 3.63) is 59.4 Å². The Labute approximate surface area is 124 Å². The number of aryl methyl sites for hydroxylation is 1. The summed E-state index contributed by atoms with van der Waals surface area (Å²) < 4.78 is 13.4. The average Bonchev–Trinajstić information content (AvgIpc) is 2.41. The first-order valence-electron chi connectivity index (χ1n) is 6.78. The Kier molecular flexibility index (Phi) is 4.58. The molecule has 2 aromatic rings. The molecule has 0 heterocycles. The smallest absolute Gasteiger partial charge is 0.228 e. The molecule has 0 aliphatic heterocycles. The number of hydrogen-bond donors (Lipinski definition) is 1. The number of halogens is 1. The molecule has 0 saturated heterocycles. The summed E-state index contributed by atoms with van der Waals surface area (Å²) in [6, 6.07) is 12.1. The maximum Gasteiger partial charge on any atom is 0.228 e. The second kappa shape index (κ2) is 6.39. The molecular weight excluding hydrogens is 267 g/mol. The first-order valence-corrected chi connectivity index (χ1v) is 6.78. The van der Waals surface area contributed by atoms with Crippen molar-refractivity contribution in [2.75, 3.05) is 24.3 Å². The van der Waals surface area contributed by atoms with Gasteiger partial charge in [0.1, 0.15) is 5.82 Å². The highest BCUT2D eigenvalue weighted by Crippen LogP contribution is 2.25. The highest BCUT2D eigenvalue weighted by Gasteiger charge is 2.10. The molecule has 0 unspecified atom stereocenters. The van der Waals surface area contributed by atoms with Gasteiger partial charge in [0.25, 0.3) is 0 Å². The van der Waals surface area contributed by atoms with Crippen LogP contribution in [0.3, 0.4) is 0 Å². The van der Waals surface area contributed by atoms with E-state index in [4.69, 9.17) is 0 Å². The van der Waals surface area contributed by atoms with Crippen molar-refractivity contribution in [2.45, 2.75) is 13.3 Å². The normalized spacial score (nSPS) is 10.3. The highest BCUT2D eigenvalue weighted by molar-refractivity contribution is 5.95. The van der Waals surface area contributed by atoms with E-state index < -0.39 is 0 Å². The molecule has 0 fully saturated rings. The van der Waals surface area contributed by atoms with Crippen LogP contribution in [-0.2, 0) is 11.2 Å². The lowest BCUT2D eigenvalue weighted by molar-refractivity contribution is -0.115. The van der Waals surface area contributed by atoms with E-state index in [0.717, 1.165) is 16.8 Å². The lowest BCUT2D eigenvalue weighted by Crippen LogP contribution is -2.18. The predicted molar refractivity (Wildman–Crippen MR) is 84.2 cm³/mol. The van der Waals surface area contributed by atoms with Gasteiger partial charge in [0.2, 0.25) is 5.91 Å². The third kappa shape index (κ3) is 4.05. The van der Waals surface area contributed by atoms with E-state index in [2.05, 4.69) is 5.32 Å². The minimum absolute atomic E-state index is 0.160. The topological polar surface area (TPSA) is 32.3 Å². The zero-order valence-electron chi connectivity index (χ0n) is 12.5. The number of hydrogen-bond acceptors (Lipinski definition) is 2. The SMILES string of the molecule is Cc1ccc(CC(=O)Nc2cc(F)ccc2N(C)C)cc1. The number of benzene rings is 2. The van der Waals surface area contributed by atoms with E-state index in [9.17, 15) is 9.18 Å². The van der Waals surface area contributed by atoms with E-state index >= 15 is 0 Å². The van der Waals surface area contributed by atoms with E-state index in [-0.39, 0.29) is 18.1 Å². The summed E-state index contributed by atoms with van der Waals surface area (Å²) in [6.45, 7) is 2.00. The summed E-state index contributed by atoms with van der Waals surface area (Å²) in [5.41, 5.74) is 3.34. The summed E-state index contributed by atoms with van der Waals surface area (Å²) >= 11 is 0. The summed E-state index contributed by atoms with van der Waals surface area (Å²) in [5, 5.41) is 2.78. The van der Waals surface area contributed by atoms with Crippen LogP contribution in [0.4, 0.5) is 15.8 Å². The van der Waals surface area contributed by atoms with Crippen LogP contribution in [0, 0.1) is 12.7 Å². The quantitative estimate of drug-likeness (QED) is 0.934. The van der Waals surface area contributed by atoms with Gasteiger partial charge in [-0.05, 0) is 30.7 Å². The van der Waals surface area contributed by atoms with Crippen LogP contribution >= 0.6 is 0 Å². The van der Waals surface area contributed by atoms with Crippen LogP contribution in [0.2, 0.25) is 0 Å². The lowest BCUT2D eigenvalue weighted by Gasteiger charge is -2.18. The predicted octanol–water partition coefficient (Wildman–Crippen LogP) is 3.38. The average molecular weight is 286 g/mol. The zero-order chi connectivity index (χ0) is 15.4. The fourth-order valence-electron chi connectivity index (χ4n) is 2.08. The zero-order valence-corrected chi connectivity index (χ0v) is 12.5. The maximum atomic E-state index is 13.4. The Hall–Kier alpha value is -2.36. The molecule has 0 radical (unpaired) electrons. The van der Waals surface area contributed by atoms with Crippen LogP contribution in [0.25, 0.3) is 0 Å². The van der Waals surface area contributed by atoms with Gasteiger partial charge in [-0.25, -0.2) is 4.39 Å². The van der Waals surface area contributed by atoms with Crippen LogP contribution in [-0.4, -0.2) is 20.0 Å². The van der Waals surface area contributed by atoms with Crippen LogP contribution in [0.1, 0.15) is 11.1 Å². The van der Waals surface area contributed by atoms with Gasteiger partial charge in [-0.2, -0.15) is 0 Å². The van der Waals surface area contributed by atoms with Gasteiger partial charge in [-0.15, -0.1) is 0 Å². The minimum Gasteiger partial charge on any atom is -0.376 e. The Balaban J connectivity index is 2.12. The van der Waals surface area contributed by atoms with Gasteiger partial charge in [0, 0.05) is 14.1 Å². The van der Waals surface area contributed by atoms with Crippen molar-refractivity contribution < 1.29 is 9.18 Å². The van der Waals surface area contributed by atoms with Crippen molar-refractivity contribution in [2.24, 2.45) is 0 Å². The van der Waals surface area contributed by atoms with Crippen molar-refractivity contribution in [1.82, 2.24) is 0 Å². The molecule has 0 aliphatic rings. The monoisotopic (exact) mass is 286 g/mol. The molecule has 110 valence electrons. The molecule has 2 aromatic carbocycles. The third-order valence-electron chi connectivity index (χ3n) is 3.20. The molecule has 0 saturated carbocycles. The molecule has 3 nitrogen and oxygen atoms in total. The Morgan fingerprint density at radius 3 is 2.43 bits per heavy atom. The number of carbonyl (C=O) groups excluding carboxylic acids is 1. The standard InChI is InChI=1S/C17H19FN2O/c1-12-4-6-13(7-5-12)10-17(21)19-15-11-14(18)8-9-16(15)20(2)3/h4-9,11H,10H2,1-3H3,(H,19,21). The molecule has 4 heteroatoms. The number of carbonyl (C=O) groups is 1. The number of rotatable bonds is 4. The molecule has 0 aromatic heterocycles. The molecule has 0 spiro atoms. The summed E-state index contributed by atoms with van der Waals surface area (Å²) in [5.74, 6) is -0.529. The second-order valence-electron chi connectivity index (χ2n) is 5.27. The molecule has 0 atom stereocenters. The first kappa shape index (κ1) is 15.0. The largest absolute Gasteiger partial charge is 0.376 e. The van der Waals surface area contributed by atoms with Crippen molar-refractivity contribution in [3.8, 4) is 0 Å². The Morgan fingerprint density at radius 1 is 1.14 bits per heavy atom. The Morgan fingerprint density at radius 2 is 1.81 bits per heavy atom. The molecule has 1 amide bonds. The summed E-state index contributed by atoms with van der Waals surface area (Å²) in [7, 11) is 3.70. The number of nitrogens with one attached hydrogen (secondary N) is 1. The van der Waals surface area contributed by atoms with E-state index in [1.54, 1.807) is 6.07 Å². The van der Waals surface area contributed by atoms with Gasteiger partial charge in [0.05, 0.1) is 17.8 Å². The van der Waals surface area contributed by atoms with Crippen molar-refractivity contribution in [1.29, 1.82) is 0 Å². The summed E-state index contributed by atoms with van der Waals surface area (Å²) in [6.07, 6.45) is 0.268. The van der Waals surface area contributed by atoms with Crippen LogP contribution in [0.15, 0.2) is 42.5 Å². The molecule has 0 bridgehead atoms. The van der Waals surface area contributed by atoms with Crippen molar-refractivity contribution in [3.63, 3.8) is 0 Å². The second-order valence-corrected chi connectivity index (χ2v) is 5.27. The number of amides is 1. The van der Waals surface area contributed by atoms with Crippen LogP contribution in [0.5, 0.6) is 0 Å². The minimum atomic E-state index is -0.369. The highest BCUT2D eigenvalue weighted by atomic mass is 19.1. The van der Waals surface area contributed by atoms with E-state index in [1.165, 1.54) is 12.1 Å². The first-order chi connectivity index (χ1) is 9.95. The molecule has 0 aliphatic carbocycles. The molecule has 21 heavy (non-hydrogen) atoms. The fraction of sp³-hybridized carbons (Fsp3) is 0.235. The van der Waals surface area contributed by atoms with E-state index in [0.29, 0.717) is 5.69 Å². The van der Waals surface area contributed by atoms with Gasteiger partial charge in [-0.1, -0.05) is 29.8 Å². The van der Waals surface area contributed by atoms with Gasteiger partial charge in [0.15, 0.2) is 0 Å². The van der Waals surface area contributed by atoms with Gasteiger partial charge < -0.3 is 10.2 Å². The third-order valence-corrected chi connectivity index (χ3v) is 3.20. The van der Waals surface area contributed by atoms with Crippen LogP contribution < -0.4 is 10.2 Å². The number of nitrogens with zero attached hydrogens (tertiary/aromatic N) is 1. The van der Waals surface area contributed by atoms with E-state index in [1.807, 2.05) is 50.2 Å². The molecule has 2 rings (SSSR count). The van der Waals surface area contributed by atoms with Gasteiger partial charge >= 0.3 is 0 Å². The fourth-order valence-corrected chi connectivity index (χ4v) is 2.08. The maximum absolute atomic E-state index is 13.4. The summed E-state index contributed by atoms with van der Waals surface area (Å²) in [4.78, 5) is 13.9. The lowest BCUT2D eigenvalue weighted by atomic mass is 10.1. The molecule has 1 N–H and O–H groups in total. The Bertz CT molecular complexity index is 636.